The number of carbonyl (C=O) groups is 1. The molecule has 0 aliphatic rings. The lowest BCUT2D eigenvalue weighted by Gasteiger charge is -2.07. The summed E-state index contributed by atoms with van der Waals surface area (Å²) in [6, 6.07) is 14.2. The zero-order valence-electron chi connectivity index (χ0n) is 16.0. The Morgan fingerprint density at radius 3 is 2.59 bits per heavy atom. The first-order valence-corrected chi connectivity index (χ1v) is 10.1. The number of nitrogens with zero attached hydrogens (tertiary/aromatic N) is 1. The van der Waals surface area contributed by atoms with E-state index in [0.717, 1.165) is 23.4 Å². The molecule has 4 nitrogen and oxygen atoms in total. The summed E-state index contributed by atoms with van der Waals surface area (Å²) in [6.45, 7) is 6.31. The van der Waals surface area contributed by atoms with Crippen LogP contribution in [0.1, 0.15) is 46.9 Å². The molecule has 3 aromatic rings. The lowest BCUT2D eigenvalue weighted by atomic mass is 10.1. The molecular formula is C22H25N3OS. The topological polar surface area (TPSA) is 54.0 Å². The third-order valence-electron chi connectivity index (χ3n) is 4.39. The highest BCUT2D eigenvalue weighted by Crippen LogP contribution is 2.24. The molecule has 0 aliphatic heterocycles. The van der Waals surface area contributed by atoms with Crippen LogP contribution in [0.2, 0.25) is 0 Å². The number of benzene rings is 2. The average molecular weight is 380 g/mol. The predicted molar refractivity (Wildman–Crippen MR) is 114 cm³/mol. The van der Waals surface area contributed by atoms with E-state index in [1.54, 1.807) is 5.38 Å². The van der Waals surface area contributed by atoms with Crippen LogP contribution in [0.5, 0.6) is 0 Å². The third-order valence-corrected chi connectivity index (χ3v) is 5.15. The highest BCUT2D eigenvalue weighted by Gasteiger charge is 2.12. The van der Waals surface area contributed by atoms with Crippen LogP contribution >= 0.6 is 11.3 Å². The maximum atomic E-state index is 12.5. The van der Waals surface area contributed by atoms with Crippen molar-refractivity contribution in [1.82, 2.24) is 4.98 Å². The number of thiazole rings is 1. The van der Waals surface area contributed by atoms with Crippen molar-refractivity contribution >= 4 is 33.8 Å². The zero-order chi connectivity index (χ0) is 19.2. The van der Waals surface area contributed by atoms with Crippen molar-refractivity contribution in [3.8, 4) is 0 Å². The van der Waals surface area contributed by atoms with Crippen LogP contribution in [-0.2, 0) is 6.42 Å². The Balaban J connectivity index is 1.62. The molecule has 0 fully saturated rings. The summed E-state index contributed by atoms with van der Waals surface area (Å²) in [6.07, 6.45) is 3.44. The molecule has 0 saturated carbocycles. The van der Waals surface area contributed by atoms with Crippen LogP contribution in [-0.4, -0.2) is 10.9 Å². The first-order chi connectivity index (χ1) is 13.0. The Morgan fingerprint density at radius 1 is 1.11 bits per heavy atom. The van der Waals surface area contributed by atoms with Gasteiger partial charge in [-0.15, -0.1) is 11.3 Å². The zero-order valence-corrected chi connectivity index (χ0v) is 16.8. The van der Waals surface area contributed by atoms with Crippen molar-refractivity contribution in [2.75, 3.05) is 10.6 Å². The summed E-state index contributed by atoms with van der Waals surface area (Å²) in [5.41, 5.74) is 5.88. The van der Waals surface area contributed by atoms with E-state index in [1.165, 1.54) is 35.3 Å². The Labute approximate surface area is 164 Å². The molecule has 1 aromatic heterocycles. The molecule has 0 spiro atoms. The molecule has 27 heavy (non-hydrogen) atoms. The number of aryl methyl sites for hydroxylation is 3. The van der Waals surface area contributed by atoms with Gasteiger partial charge in [0.25, 0.3) is 5.91 Å². The summed E-state index contributed by atoms with van der Waals surface area (Å²) < 4.78 is 0. The standard InChI is InChI=1S/C22H25N3OS/c1-4-5-6-17-8-10-18(11-9-17)23-21(26)20-14-27-22(25-20)24-19-12-7-15(2)13-16(19)3/h7-14H,4-6H2,1-3H3,(H,23,26)(H,24,25). The van der Waals surface area contributed by atoms with Gasteiger partial charge in [-0.25, -0.2) is 4.98 Å². The van der Waals surface area contributed by atoms with Crippen molar-refractivity contribution < 1.29 is 4.79 Å². The summed E-state index contributed by atoms with van der Waals surface area (Å²) in [7, 11) is 0. The van der Waals surface area contributed by atoms with Gasteiger partial charge in [0, 0.05) is 16.8 Å². The minimum Gasteiger partial charge on any atom is -0.331 e. The smallest absolute Gasteiger partial charge is 0.275 e. The maximum Gasteiger partial charge on any atom is 0.275 e. The molecule has 0 aliphatic carbocycles. The van der Waals surface area contributed by atoms with Crippen LogP contribution < -0.4 is 10.6 Å². The van der Waals surface area contributed by atoms with E-state index in [2.05, 4.69) is 60.7 Å². The molecule has 2 aromatic carbocycles. The second-order valence-corrected chi connectivity index (χ2v) is 7.59. The van der Waals surface area contributed by atoms with E-state index in [-0.39, 0.29) is 5.91 Å². The van der Waals surface area contributed by atoms with Crippen molar-refractivity contribution in [1.29, 1.82) is 0 Å². The van der Waals surface area contributed by atoms with Gasteiger partial charge in [0.05, 0.1) is 0 Å². The minimum atomic E-state index is -0.193. The van der Waals surface area contributed by atoms with Gasteiger partial charge in [-0.1, -0.05) is 43.2 Å². The van der Waals surface area contributed by atoms with Gasteiger partial charge < -0.3 is 10.6 Å². The minimum absolute atomic E-state index is 0.193. The van der Waals surface area contributed by atoms with Crippen molar-refractivity contribution in [3.05, 3.63) is 70.2 Å². The summed E-state index contributed by atoms with van der Waals surface area (Å²) >= 11 is 1.42. The molecule has 0 unspecified atom stereocenters. The van der Waals surface area contributed by atoms with E-state index in [9.17, 15) is 4.79 Å². The Morgan fingerprint density at radius 2 is 1.89 bits per heavy atom. The Bertz CT molecular complexity index is 916. The molecule has 1 heterocycles. The van der Waals surface area contributed by atoms with E-state index >= 15 is 0 Å². The Kier molecular flexibility index (Phi) is 6.24. The highest BCUT2D eigenvalue weighted by molar-refractivity contribution is 7.14. The van der Waals surface area contributed by atoms with Gasteiger partial charge in [0.2, 0.25) is 0 Å². The lowest BCUT2D eigenvalue weighted by Crippen LogP contribution is -2.12. The van der Waals surface area contributed by atoms with Crippen LogP contribution in [0.4, 0.5) is 16.5 Å². The summed E-state index contributed by atoms with van der Waals surface area (Å²) in [5.74, 6) is -0.193. The number of carbonyl (C=O) groups excluding carboxylic acids is 1. The lowest BCUT2D eigenvalue weighted by molar-refractivity contribution is 0.102. The monoisotopic (exact) mass is 379 g/mol. The highest BCUT2D eigenvalue weighted by atomic mass is 32.1. The van der Waals surface area contributed by atoms with Gasteiger partial charge in [-0.05, 0) is 56.0 Å². The first-order valence-electron chi connectivity index (χ1n) is 9.25. The van der Waals surface area contributed by atoms with E-state index in [1.807, 2.05) is 18.2 Å². The number of nitrogens with one attached hydrogen (secondary N) is 2. The molecule has 140 valence electrons. The number of aromatic nitrogens is 1. The Hall–Kier alpha value is -2.66. The van der Waals surface area contributed by atoms with E-state index in [4.69, 9.17) is 0 Å². The first kappa shape index (κ1) is 19.1. The average Bonchev–Trinajstić information content (AvgIpc) is 3.12. The number of unbranched alkanes of at least 4 members (excludes halogenated alkanes) is 1. The molecule has 0 bridgehead atoms. The molecule has 2 N–H and O–H groups in total. The van der Waals surface area contributed by atoms with Crippen LogP contribution in [0.15, 0.2) is 47.8 Å². The van der Waals surface area contributed by atoms with Gasteiger partial charge in [-0.2, -0.15) is 0 Å². The van der Waals surface area contributed by atoms with Crippen LogP contribution in [0.3, 0.4) is 0 Å². The van der Waals surface area contributed by atoms with E-state index < -0.39 is 0 Å². The number of rotatable bonds is 7. The fourth-order valence-electron chi connectivity index (χ4n) is 2.84. The number of amides is 1. The fraction of sp³-hybridized carbons (Fsp3) is 0.273. The van der Waals surface area contributed by atoms with Crippen molar-refractivity contribution in [2.45, 2.75) is 40.0 Å². The van der Waals surface area contributed by atoms with Gasteiger partial charge in [0.15, 0.2) is 5.13 Å². The third kappa shape index (κ3) is 5.17. The summed E-state index contributed by atoms with van der Waals surface area (Å²) in [5, 5.41) is 8.69. The molecule has 0 radical (unpaired) electrons. The van der Waals surface area contributed by atoms with Gasteiger partial charge >= 0.3 is 0 Å². The molecule has 0 atom stereocenters. The SMILES string of the molecule is CCCCc1ccc(NC(=O)c2csc(Nc3ccc(C)cc3C)n2)cc1. The summed E-state index contributed by atoms with van der Waals surface area (Å²) in [4.78, 5) is 16.9. The largest absolute Gasteiger partial charge is 0.331 e. The molecule has 3 rings (SSSR count). The maximum absolute atomic E-state index is 12.5. The molecule has 5 heteroatoms. The molecular weight excluding hydrogens is 354 g/mol. The number of hydrogen-bond acceptors (Lipinski definition) is 4. The van der Waals surface area contributed by atoms with Crippen LogP contribution in [0.25, 0.3) is 0 Å². The number of hydrogen-bond donors (Lipinski definition) is 2. The van der Waals surface area contributed by atoms with E-state index in [0.29, 0.717) is 10.8 Å². The second kappa shape index (κ2) is 8.82. The quantitative estimate of drug-likeness (QED) is 0.521. The second-order valence-electron chi connectivity index (χ2n) is 6.74. The van der Waals surface area contributed by atoms with Crippen LogP contribution in [0, 0.1) is 13.8 Å². The normalized spacial score (nSPS) is 10.6. The molecule has 1 amide bonds. The van der Waals surface area contributed by atoms with Crippen molar-refractivity contribution in [2.24, 2.45) is 0 Å². The van der Waals surface area contributed by atoms with Gasteiger partial charge in [0.1, 0.15) is 5.69 Å². The van der Waals surface area contributed by atoms with Gasteiger partial charge in [-0.3, -0.25) is 4.79 Å². The molecule has 0 saturated heterocycles. The predicted octanol–water partition coefficient (Wildman–Crippen LogP) is 6.10. The van der Waals surface area contributed by atoms with Crippen molar-refractivity contribution in [3.63, 3.8) is 0 Å². The number of anilines is 3. The fourth-order valence-corrected chi connectivity index (χ4v) is 3.54.